The summed E-state index contributed by atoms with van der Waals surface area (Å²) >= 11 is 0. The molecule has 0 spiro atoms. The van der Waals surface area contributed by atoms with E-state index in [-0.39, 0.29) is 11.9 Å². The van der Waals surface area contributed by atoms with Crippen molar-refractivity contribution in [3.05, 3.63) is 53.3 Å². The molecular formula is C16H20N4O. The quantitative estimate of drug-likeness (QED) is 0.886. The number of benzene rings is 1. The molecule has 0 saturated heterocycles. The Labute approximate surface area is 124 Å². The molecule has 2 aromatic rings. The van der Waals surface area contributed by atoms with Crippen molar-refractivity contribution in [3.8, 4) is 0 Å². The van der Waals surface area contributed by atoms with E-state index < -0.39 is 6.04 Å². The zero-order chi connectivity index (χ0) is 14.8. The Kier molecular flexibility index (Phi) is 3.75. The van der Waals surface area contributed by atoms with Crippen molar-refractivity contribution in [2.75, 3.05) is 0 Å². The Morgan fingerprint density at radius 1 is 1.43 bits per heavy atom. The zero-order valence-corrected chi connectivity index (χ0v) is 12.1. The smallest absolute Gasteiger partial charge is 0.241 e. The van der Waals surface area contributed by atoms with Gasteiger partial charge in [-0.1, -0.05) is 24.3 Å². The Balaban J connectivity index is 1.63. The second-order valence-corrected chi connectivity index (χ2v) is 5.64. The maximum atomic E-state index is 12.3. The summed E-state index contributed by atoms with van der Waals surface area (Å²) < 4.78 is 1.65. The van der Waals surface area contributed by atoms with Gasteiger partial charge in [0.25, 0.3) is 0 Å². The first-order valence-electron chi connectivity index (χ1n) is 7.25. The molecule has 1 aromatic heterocycles. The molecule has 5 nitrogen and oxygen atoms in total. The summed E-state index contributed by atoms with van der Waals surface area (Å²) in [6.45, 7) is 0. The molecule has 1 aliphatic rings. The van der Waals surface area contributed by atoms with Crippen LogP contribution in [0.25, 0.3) is 0 Å². The van der Waals surface area contributed by atoms with E-state index >= 15 is 0 Å². The minimum Gasteiger partial charge on any atom is -0.351 e. The fourth-order valence-corrected chi connectivity index (χ4v) is 2.86. The van der Waals surface area contributed by atoms with E-state index in [1.54, 1.807) is 17.1 Å². The van der Waals surface area contributed by atoms with E-state index in [1.807, 2.05) is 13.1 Å². The van der Waals surface area contributed by atoms with Crippen molar-refractivity contribution in [1.29, 1.82) is 0 Å². The van der Waals surface area contributed by atoms with Gasteiger partial charge < -0.3 is 11.1 Å². The number of rotatable bonds is 3. The number of amides is 1. The van der Waals surface area contributed by atoms with Gasteiger partial charge in [-0.2, -0.15) is 5.10 Å². The van der Waals surface area contributed by atoms with E-state index in [0.717, 1.165) is 24.8 Å². The third-order valence-corrected chi connectivity index (χ3v) is 4.06. The molecule has 0 radical (unpaired) electrons. The predicted octanol–water partition coefficient (Wildman–Crippen LogP) is 1.09. The molecule has 110 valence electrons. The molecule has 0 aliphatic heterocycles. The topological polar surface area (TPSA) is 72.9 Å². The van der Waals surface area contributed by atoms with E-state index in [2.05, 4.69) is 28.6 Å². The van der Waals surface area contributed by atoms with Crippen LogP contribution in [0.15, 0.2) is 36.7 Å². The third kappa shape index (κ3) is 2.97. The van der Waals surface area contributed by atoms with Gasteiger partial charge in [0, 0.05) is 24.8 Å². The number of nitrogens with two attached hydrogens (primary N) is 1. The van der Waals surface area contributed by atoms with Crippen LogP contribution in [0.5, 0.6) is 0 Å². The SMILES string of the molecule is Cn1cc(C(N)C(=O)NC2CCc3ccccc3C2)cn1. The lowest BCUT2D eigenvalue weighted by Crippen LogP contribution is -2.43. The van der Waals surface area contributed by atoms with Gasteiger partial charge >= 0.3 is 0 Å². The first-order chi connectivity index (χ1) is 10.1. The highest BCUT2D eigenvalue weighted by Crippen LogP contribution is 2.21. The van der Waals surface area contributed by atoms with Crippen molar-refractivity contribution in [2.24, 2.45) is 12.8 Å². The van der Waals surface area contributed by atoms with Crippen molar-refractivity contribution in [2.45, 2.75) is 31.3 Å². The molecule has 3 N–H and O–H groups in total. The second kappa shape index (κ2) is 5.69. The Bertz CT molecular complexity index is 649. The summed E-state index contributed by atoms with van der Waals surface area (Å²) in [4.78, 5) is 12.3. The standard InChI is InChI=1S/C16H20N4O/c1-20-10-13(9-18-20)15(17)16(21)19-14-7-6-11-4-2-3-5-12(11)8-14/h2-5,9-10,14-15H,6-8,17H2,1H3,(H,19,21). The minimum atomic E-state index is -0.657. The number of aryl methyl sites for hydroxylation is 2. The monoisotopic (exact) mass is 284 g/mol. The highest BCUT2D eigenvalue weighted by Gasteiger charge is 2.23. The molecular weight excluding hydrogens is 264 g/mol. The van der Waals surface area contributed by atoms with Crippen LogP contribution in [0.1, 0.15) is 29.2 Å². The lowest BCUT2D eigenvalue weighted by molar-refractivity contribution is -0.123. The summed E-state index contributed by atoms with van der Waals surface area (Å²) in [6.07, 6.45) is 6.26. The molecule has 5 heteroatoms. The molecule has 2 unspecified atom stereocenters. The largest absolute Gasteiger partial charge is 0.351 e. The number of fused-ring (bicyclic) bond motifs is 1. The second-order valence-electron chi connectivity index (χ2n) is 5.64. The fraction of sp³-hybridized carbons (Fsp3) is 0.375. The van der Waals surface area contributed by atoms with Gasteiger partial charge in [-0.25, -0.2) is 0 Å². The normalized spacial score (nSPS) is 18.9. The number of nitrogens with zero attached hydrogens (tertiary/aromatic N) is 2. The van der Waals surface area contributed by atoms with Gasteiger partial charge in [-0.3, -0.25) is 9.48 Å². The predicted molar refractivity (Wildman–Crippen MR) is 80.5 cm³/mol. The minimum absolute atomic E-state index is 0.132. The maximum Gasteiger partial charge on any atom is 0.241 e. The van der Waals surface area contributed by atoms with Gasteiger partial charge in [0.2, 0.25) is 5.91 Å². The van der Waals surface area contributed by atoms with Crippen LogP contribution in [0.2, 0.25) is 0 Å². The number of carbonyl (C=O) groups excluding carboxylic acids is 1. The molecule has 0 saturated carbocycles. The number of carbonyl (C=O) groups is 1. The molecule has 1 heterocycles. The van der Waals surface area contributed by atoms with Crippen LogP contribution in [0, 0.1) is 0 Å². The zero-order valence-electron chi connectivity index (χ0n) is 12.1. The summed E-state index contributed by atoms with van der Waals surface area (Å²) in [5.74, 6) is -0.132. The van der Waals surface area contributed by atoms with Gasteiger partial charge in [-0.15, -0.1) is 0 Å². The van der Waals surface area contributed by atoms with E-state index in [0.29, 0.717) is 0 Å². The summed E-state index contributed by atoms with van der Waals surface area (Å²) in [7, 11) is 1.81. The maximum absolute atomic E-state index is 12.3. The number of nitrogens with one attached hydrogen (secondary N) is 1. The lowest BCUT2D eigenvalue weighted by Gasteiger charge is -2.26. The number of hydrogen-bond donors (Lipinski definition) is 2. The van der Waals surface area contributed by atoms with Gasteiger partial charge in [-0.05, 0) is 30.4 Å². The lowest BCUT2D eigenvalue weighted by atomic mass is 9.88. The first-order valence-corrected chi connectivity index (χ1v) is 7.25. The average molecular weight is 284 g/mol. The van der Waals surface area contributed by atoms with E-state index in [9.17, 15) is 4.79 Å². The Hall–Kier alpha value is -2.14. The van der Waals surface area contributed by atoms with Crippen molar-refractivity contribution < 1.29 is 4.79 Å². The molecule has 1 aliphatic carbocycles. The highest BCUT2D eigenvalue weighted by atomic mass is 16.2. The van der Waals surface area contributed by atoms with Crippen LogP contribution in [0.3, 0.4) is 0 Å². The molecule has 1 amide bonds. The fourth-order valence-electron chi connectivity index (χ4n) is 2.86. The van der Waals surface area contributed by atoms with Crippen molar-refractivity contribution >= 4 is 5.91 Å². The van der Waals surface area contributed by atoms with Crippen LogP contribution in [-0.2, 0) is 24.7 Å². The van der Waals surface area contributed by atoms with Crippen LogP contribution in [0.4, 0.5) is 0 Å². The average Bonchev–Trinajstić information content (AvgIpc) is 2.93. The van der Waals surface area contributed by atoms with Gasteiger partial charge in [0.15, 0.2) is 0 Å². The van der Waals surface area contributed by atoms with Gasteiger partial charge in [0.1, 0.15) is 6.04 Å². The molecule has 1 aromatic carbocycles. The van der Waals surface area contributed by atoms with Crippen LogP contribution < -0.4 is 11.1 Å². The van der Waals surface area contributed by atoms with Crippen molar-refractivity contribution in [1.82, 2.24) is 15.1 Å². The summed E-state index contributed by atoms with van der Waals surface area (Å²) in [5, 5.41) is 7.12. The molecule has 21 heavy (non-hydrogen) atoms. The third-order valence-electron chi connectivity index (χ3n) is 4.06. The van der Waals surface area contributed by atoms with Crippen LogP contribution >= 0.6 is 0 Å². The highest BCUT2D eigenvalue weighted by molar-refractivity contribution is 5.83. The number of hydrogen-bond acceptors (Lipinski definition) is 3. The van der Waals surface area contributed by atoms with Crippen LogP contribution in [-0.4, -0.2) is 21.7 Å². The van der Waals surface area contributed by atoms with E-state index in [4.69, 9.17) is 5.73 Å². The van der Waals surface area contributed by atoms with E-state index in [1.165, 1.54) is 11.1 Å². The summed E-state index contributed by atoms with van der Waals surface area (Å²) in [6, 6.07) is 7.91. The molecule has 0 fully saturated rings. The molecule has 2 atom stereocenters. The molecule has 0 bridgehead atoms. The summed E-state index contributed by atoms with van der Waals surface area (Å²) in [5.41, 5.74) is 9.45. The number of aromatic nitrogens is 2. The van der Waals surface area contributed by atoms with Crippen molar-refractivity contribution in [3.63, 3.8) is 0 Å². The van der Waals surface area contributed by atoms with Gasteiger partial charge in [0.05, 0.1) is 6.20 Å². The first kappa shape index (κ1) is 13.8. The Morgan fingerprint density at radius 2 is 2.19 bits per heavy atom. The molecule has 3 rings (SSSR count). The Morgan fingerprint density at radius 3 is 2.90 bits per heavy atom.